The van der Waals surface area contributed by atoms with Crippen LogP contribution >= 0.6 is 0 Å². The SMILES string of the molecule is CC/C=C\C/C=C\C/C=C\C/C=C\C/C=C\C/C=C\C/C=C\C/C=C\C/C=C\CCCCCCCCCC(=O)NC(COC1OC(CO)C(O)C(O)C1O)C(O)/C=C/CC/C=C/CCCCCCCCCCCCCCC. The number of nitrogens with one attached hydrogen (secondary N) is 1. The summed E-state index contributed by atoms with van der Waals surface area (Å²) in [7, 11) is 0. The molecule has 1 saturated heterocycles. The molecule has 1 rings (SSSR count). The lowest BCUT2D eigenvalue weighted by Crippen LogP contribution is -2.60. The van der Waals surface area contributed by atoms with Crippen molar-refractivity contribution in [2.24, 2.45) is 0 Å². The van der Waals surface area contributed by atoms with Gasteiger partial charge in [0.15, 0.2) is 6.29 Å². The fraction of sp³-hybridized carbons (Fsp3) is 0.662. The Morgan fingerprint density at radius 1 is 0.455 bits per heavy atom. The number of carbonyl (C=O) groups excluding carboxylic acids is 1. The average molecular weight is 1070 g/mol. The van der Waals surface area contributed by atoms with Crippen LogP contribution in [0.2, 0.25) is 0 Å². The molecule has 1 amide bonds. The predicted molar refractivity (Wildman–Crippen MR) is 327 cm³/mol. The van der Waals surface area contributed by atoms with Crippen molar-refractivity contribution in [2.45, 2.75) is 275 Å². The predicted octanol–water partition coefficient (Wildman–Crippen LogP) is 16.1. The van der Waals surface area contributed by atoms with E-state index in [1.54, 1.807) is 6.08 Å². The molecule has 0 bridgehead atoms. The molecule has 1 heterocycles. The highest BCUT2D eigenvalue weighted by atomic mass is 16.7. The Bertz CT molecular complexity index is 1670. The molecule has 0 spiro atoms. The normalized spacial score (nSPS) is 19.7. The molecule has 6 N–H and O–H groups in total. The van der Waals surface area contributed by atoms with Gasteiger partial charge in [-0.2, -0.15) is 0 Å². The Labute approximate surface area is 471 Å². The summed E-state index contributed by atoms with van der Waals surface area (Å²) in [6.07, 6.45) is 78.0. The molecule has 0 saturated carbocycles. The van der Waals surface area contributed by atoms with Crippen molar-refractivity contribution in [1.29, 1.82) is 0 Å². The van der Waals surface area contributed by atoms with Crippen LogP contribution in [0.4, 0.5) is 0 Å². The molecule has 0 radical (unpaired) electrons. The van der Waals surface area contributed by atoms with Crippen molar-refractivity contribution in [2.75, 3.05) is 13.2 Å². The standard InChI is InChI=1S/C68H113NO8/c1-3-5-7-9-11-13-15-17-19-21-23-24-25-26-27-28-29-30-31-32-33-34-35-36-37-38-40-42-44-46-48-50-52-54-56-58-64(72)69-61(60-76-68-67(75)66(74)65(73)63(59-70)77-68)62(71)57-55-53-51-49-47-45-43-41-39-22-20-18-16-14-12-10-8-6-4-2/h5,7,11,13,17,19,23-24,26-27,29-30,32-33,35-36,38,40,47,49,55,57,61-63,65-68,70-71,73-75H,3-4,6,8-10,12,14-16,18,20-22,25,28,31,34,37,39,41-46,48,50-54,56,58-60H2,1-2H3,(H,69,72)/b7-5-,13-11-,19-17-,24-23-,27-26-,30-29-,33-32-,36-35-,40-38-,49-47+,57-55+. The smallest absolute Gasteiger partial charge is 0.220 e. The van der Waals surface area contributed by atoms with Gasteiger partial charge in [-0.1, -0.05) is 257 Å². The Morgan fingerprint density at radius 2 is 0.818 bits per heavy atom. The van der Waals surface area contributed by atoms with E-state index in [2.05, 4.69) is 141 Å². The number of rotatable bonds is 51. The molecule has 438 valence electrons. The molecular weight excluding hydrogens is 959 g/mol. The van der Waals surface area contributed by atoms with Gasteiger partial charge in [-0.3, -0.25) is 4.79 Å². The number of aliphatic hydroxyl groups is 5. The number of aliphatic hydroxyl groups excluding tert-OH is 5. The minimum Gasteiger partial charge on any atom is -0.394 e. The van der Waals surface area contributed by atoms with Gasteiger partial charge in [0.1, 0.15) is 24.4 Å². The van der Waals surface area contributed by atoms with Crippen LogP contribution < -0.4 is 5.32 Å². The van der Waals surface area contributed by atoms with E-state index in [1.165, 1.54) is 103 Å². The lowest BCUT2D eigenvalue weighted by molar-refractivity contribution is -0.302. The van der Waals surface area contributed by atoms with Gasteiger partial charge < -0.3 is 40.3 Å². The molecule has 1 aliphatic heterocycles. The molecule has 1 aliphatic rings. The maximum absolute atomic E-state index is 13.1. The topological polar surface area (TPSA) is 149 Å². The summed E-state index contributed by atoms with van der Waals surface area (Å²) in [4.78, 5) is 13.1. The fourth-order valence-electron chi connectivity index (χ4n) is 8.87. The number of amides is 1. The van der Waals surface area contributed by atoms with E-state index in [-0.39, 0.29) is 12.5 Å². The van der Waals surface area contributed by atoms with Crippen LogP contribution in [-0.2, 0) is 14.3 Å². The van der Waals surface area contributed by atoms with Crippen LogP contribution in [0, 0.1) is 0 Å². The largest absolute Gasteiger partial charge is 0.394 e. The van der Waals surface area contributed by atoms with E-state index in [4.69, 9.17) is 9.47 Å². The Hall–Kier alpha value is -3.67. The minimum absolute atomic E-state index is 0.203. The Balaban J connectivity index is 2.23. The van der Waals surface area contributed by atoms with Gasteiger partial charge in [-0.05, 0) is 103 Å². The quantitative estimate of drug-likeness (QED) is 0.0261. The number of hydrogen-bond acceptors (Lipinski definition) is 8. The summed E-state index contributed by atoms with van der Waals surface area (Å²) in [5.74, 6) is -0.203. The first-order valence-electron chi connectivity index (χ1n) is 30.9. The maximum Gasteiger partial charge on any atom is 0.220 e. The molecule has 0 aliphatic carbocycles. The molecule has 0 aromatic heterocycles. The highest BCUT2D eigenvalue weighted by molar-refractivity contribution is 5.76. The van der Waals surface area contributed by atoms with Crippen molar-refractivity contribution in [3.63, 3.8) is 0 Å². The van der Waals surface area contributed by atoms with Crippen LogP contribution in [0.25, 0.3) is 0 Å². The van der Waals surface area contributed by atoms with Gasteiger partial charge in [-0.15, -0.1) is 0 Å². The van der Waals surface area contributed by atoms with E-state index >= 15 is 0 Å². The van der Waals surface area contributed by atoms with Gasteiger partial charge in [0, 0.05) is 6.42 Å². The number of allylic oxidation sites excluding steroid dienone is 21. The number of hydrogen-bond donors (Lipinski definition) is 6. The molecule has 0 aromatic rings. The van der Waals surface area contributed by atoms with E-state index in [9.17, 15) is 30.3 Å². The molecule has 7 atom stereocenters. The van der Waals surface area contributed by atoms with E-state index in [0.29, 0.717) is 6.42 Å². The van der Waals surface area contributed by atoms with Crippen molar-refractivity contribution in [1.82, 2.24) is 5.32 Å². The molecule has 0 aromatic carbocycles. The monoisotopic (exact) mass is 1070 g/mol. The first kappa shape index (κ1) is 71.3. The van der Waals surface area contributed by atoms with Gasteiger partial charge in [0.05, 0.1) is 25.4 Å². The molecule has 9 heteroatoms. The lowest BCUT2D eigenvalue weighted by atomic mass is 9.99. The van der Waals surface area contributed by atoms with Gasteiger partial charge in [-0.25, -0.2) is 0 Å². The summed E-state index contributed by atoms with van der Waals surface area (Å²) >= 11 is 0. The molecule has 7 unspecified atom stereocenters. The lowest BCUT2D eigenvalue weighted by Gasteiger charge is -2.40. The summed E-state index contributed by atoms with van der Waals surface area (Å²) in [5.41, 5.74) is 0. The second-order valence-corrected chi connectivity index (χ2v) is 20.8. The van der Waals surface area contributed by atoms with Gasteiger partial charge >= 0.3 is 0 Å². The second kappa shape index (κ2) is 55.6. The van der Waals surface area contributed by atoms with Crippen LogP contribution in [0.1, 0.15) is 232 Å². The first-order valence-corrected chi connectivity index (χ1v) is 30.9. The molecule has 77 heavy (non-hydrogen) atoms. The maximum atomic E-state index is 13.1. The highest BCUT2D eigenvalue weighted by Gasteiger charge is 2.44. The summed E-state index contributed by atoms with van der Waals surface area (Å²) in [5, 5.41) is 54.5. The van der Waals surface area contributed by atoms with E-state index in [0.717, 1.165) is 109 Å². The second-order valence-electron chi connectivity index (χ2n) is 20.8. The van der Waals surface area contributed by atoms with Crippen molar-refractivity contribution in [3.05, 3.63) is 134 Å². The van der Waals surface area contributed by atoms with Crippen molar-refractivity contribution in [3.8, 4) is 0 Å². The molecule has 9 nitrogen and oxygen atoms in total. The summed E-state index contributed by atoms with van der Waals surface area (Å²) < 4.78 is 11.3. The van der Waals surface area contributed by atoms with Crippen LogP contribution in [0.15, 0.2) is 134 Å². The summed E-state index contributed by atoms with van der Waals surface area (Å²) in [6.45, 7) is 3.64. The third-order valence-corrected chi connectivity index (χ3v) is 13.7. The van der Waals surface area contributed by atoms with Crippen LogP contribution in [0.3, 0.4) is 0 Å². The van der Waals surface area contributed by atoms with Crippen molar-refractivity contribution >= 4 is 5.91 Å². The number of unbranched alkanes of at least 4 members (excludes halogenated alkanes) is 21. The third-order valence-electron chi connectivity index (χ3n) is 13.7. The fourth-order valence-corrected chi connectivity index (χ4v) is 8.87. The zero-order chi connectivity index (χ0) is 55.8. The van der Waals surface area contributed by atoms with E-state index < -0.39 is 49.5 Å². The van der Waals surface area contributed by atoms with Crippen LogP contribution in [0.5, 0.6) is 0 Å². The molecule has 1 fully saturated rings. The minimum atomic E-state index is -1.58. The number of carbonyl (C=O) groups is 1. The van der Waals surface area contributed by atoms with Crippen LogP contribution in [-0.4, -0.2) is 87.5 Å². The van der Waals surface area contributed by atoms with E-state index in [1.807, 2.05) is 6.08 Å². The average Bonchev–Trinajstić information content (AvgIpc) is 3.43. The molecular formula is C68H113NO8. The Kier molecular flexibility index (Phi) is 51.5. The zero-order valence-corrected chi connectivity index (χ0v) is 48.7. The van der Waals surface area contributed by atoms with Gasteiger partial charge in [0.2, 0.25) is 5.91 Å². The third kappa shape index (κ3) is 44.8. The highest BCUT2D eigenvalue weighted by Crippen LogP contribution is 2.23. The summed E-state index contributed by atoms with van der Waals surface area (Å²) in [6, 6.07) is -0.838. The Morgan fingerprint density at radius 3 is 1.25 bits per heavy atom. The first-order chi connectivity index (χ1) is 37.8. The van der Waals surface area contributed by atoms with Crippen molar-refractivity contribution < 1.29 is 39.8 Å². The van der Waals surface area contributed by atoms with Gasteiger partial charge in [0.25, 0.3) is 0 Å². The zero-order valence-electron chi connectivity index (χ0n) is 48.7. The number of ether oxygens (including phenoxy) is 2.